The number of rotatable bonds is 10. The van der Waals surface area contributed by atoms with Crippen LogP contribution in [0.4, 0.5) is 0 Å². The van der Waals surface area contributed by atoms with Gasteiger partial charge in [-0.2, -0.15) is 0 Å². The van der Waals surface area contributed by atoms with Gasteiger partial charge in [0.2, 0.25) is 0 Å². The second-order valence-electron chi connectivity index (χ2n) is 12.3. The average molecular weight is 511 g/mol. The zero-order valence-electron chi connectivity index (χ0n) is 23.6. The largest absolute Gasteiger partial charge is 0.489 e. The van der Waals surface area contributed by atoms with E-state index < -0.39 is 14.4 Å². The fourth-order valence-corrected chi connectivity index (χ4v) is 6.53. The summed E-state index contributed by atoms with van der Waals surface area (Å²) in [6.07, 6.45) is 7.57. The van der Waals surface area contributed by atoms with Crippen LogP contribution in [-0.2, 0) is 15.6 Å². The Labute approximate surface area is 220 Å². The molecule has 0 aromatic heterocycles. The number of aryl methyl sites for hydroxylation is 1. The molecule has 0 bridgehead atoms. The summed E-state index contributed by atoms with van der Waals surface area (Å²) in [7, 11) is -1.99. The molecule has 6 atom stereocenters. The first-order valence-electron chi connectivity index (χ1n) is 13.6. The van der Waals surface area contributed by atoms with E-state index in [0.717, 1.165) is 25.0 Å². The van der Waals surface area contributed by atoms with Crippen LogP contribution in [-0.4, -0.2) is 37.5 Å². The minimum Gasteiger partial charge on any atom is -0.489 e. The Bertz CT molecular complexity index is 1010. The number of benzene rings is 1. The summed E-state index contributed by atoms with van der Waals surface area (Å²) in [5, 5.41) is 10.9. The molecule has 1 aromatic rings. The fourth-order valence-electron chi connectivity index (χ4n) is 5.17. The monoisotopic (exact) mass is 510 g/mol. The Morgan fingerprint density at radius 2 is 2.06 bits per heavy atom. The maximum Gasteiger partial charge on any atom is 0.192 e. The molecule has 3 rings (SSSR count). The minimum atomic E-state index is -1.99. The van der Waals surface area contributed by atoms with Crippen molar-refractivity contribution in [3.8, 4) is 17.6 Å². The standard InChI is InChI=1S/C31H46O4Si/c1-9-10-13-21(2)26(33)19-18-24-27(35-36(7,8)31(4,5)6)20-28-29(24)25-17-12-16-23(30(25)34-28)15-11-14-22(3)32/h12,16-19,21,24,26-29,33H,11,13-15,20H2,1-8H3/b19-18+/t21-,24-,26+,27?,28-,29-/m0/s1. The van der Waals surface area contributed by atoms with Gasteiger partial charge in [0.25, 0.3) is 0 Å². The number of hydrogen-bond donors (Lipinski definition) is 1. The molecule has 4 nitrogen and oxygen atoms in total. The third kappa shape index (κ3) is 6.51. The highest BCUT2D eigenvalue weighted by molar-refractivity contribution is 6.74. The summed E-state index contributed by atoms with van der Waals surface area (Å²) in [5.41, 5.74) is 2.44. The quantitative estimate of drug-likeness (QED) is 0.213. The first kappa shape index (κ1) is 28.7. The summed E-state index contributed by atoms with van der Waals surface area (Å²) < 4.78 is 13.6. The van der Waals surface area contributed by atoms with Gasteiger partial charge >= 0.3 is 0 Å². The number of para-hydroxylation sites is 1. The van der Waals surface area contributed by atoms with Crippen LogP contribution >= 0.6 is 0 Å². The molecule has 1 saturated carbocycles. The van der Waals surface area contributed by atoms with Crippen LogP contribution in [0.15, 0.2) is 30.4 Å². The van der Waals surface area contributed by atoms with Crippen LogP contribution in [0.2, 0.25) is 18.1 Å². The predicted octanol–water partition coefficient (Wildman–Crippen LogP) is 6.82. The molecule has 1 aliphatic carbocycles. The van der Waals surface area contributed by atoms with Crippen molar-refractivity contribution in [2.24, 2.45) is 11.8 Å². The molecule has 2 aliphatic rings. The predicted molar refractivity (Wildman–Crippen MR) is 150 cm³/mol. The smallest absolute Gasteiger partial charge is 0.192 e. The van der Waals surface area contributed by atoms with Crippen LogP contribution in [0.5, 0.6) is 5.75 Å². The zero-order valence-corrected chi connectivity index (χ0v) is 24.6. The Morgan fingerprint density at radius 3 is 2.69 bits per heavy atom. The molecule has 198 valence electrons. The Hall–Kier alpha value is -1.87. The number of fused-ring (bicyclic) bond motifs is 3. The van der Waals surface area contributed by atoms with Crippen molar-refractivity contribution in [3.63, 3.8) is 0 Å². The number of aliphatic hydroxyl groups is 1. The summed E-state index contributed by atoms with van der Waals surface area (Å²) >= 11 is 0. The third-order valence-electron chi connectivity index (χ3n) is 8.41. The lowest BCUT2D eigenvalue weighted by Crippen LogP contribution is -2.45. The van der Waals surface area contributed by atoms with Crippen LogP contribution in [0.3, 0.4) is 0 Å². The molecule has 0 spiro atoms. The Morgan fingerprint density at radius 1 is 1.33 bits per heavy atom. The molecular weight excluding hydrogens is 464 g/mol. The maximum atomic E-state index is 11.4. The third-order valence-corrected chi connectivity index (χ3v) is 12.9. The lowest BCUT2D eigenvalue weighted by Gasteiger charge is -2.40. The van der Waals surface area contributed by atoms with Crippen molar-refractivity contribution < 1.29 is 19.1 Å². The van der Waals surface area contributed by atoms with E-state index in [1.54, 1.807) is 6.92 Å². The second-order valence-corrected chi connectivity index (χ2v) is 17.0. The van der Waals surface area contributed by atoms with Crippen molar-refractivity contribution in [3.05, 3.63) is 41.5 Å². The van der Waals surface area contributed by atoms with Gasteiger partial charge in [0, 0.05) is 36.7 Å². The molecular formula is C31H46O4Si. The fraction of sp³-hybridized carbons (Fsp3) is 0.645. The van der Waals surface area contributed by atoms with Crippen molar-refractivity contribution in [2.45, 2.75) is 116 Å². The van der Waals surface area contributed by atoms with Gasteiger partial charge in [-0.3, -0.25) is 0 Å². The molecule has 1 unspecified atom stereocenters. The molecule has 0 saturated heterocycles. The van der Waals surface area contributed by atoms with Crippen molar-refractivity contribution in [1.29, 1.82) is 0 Å². The minimum absolute atomic E-state index is 0.0598. The van der Waals surface area contributed by atoms with E-state index in [1.807, 2.05) is 19.9 Å². The van der Waals surface area contributed by atoms with Gasteiger partial charge in [0.15, 0.2) is 8.32 Å². The van der Waals surface area contributed by atoms with E-state index in [1.165, 1.54) is 11.1 Å². The van der Waals surface area contributed by atoms with Crippen LogP contribution in [0.25, 0.3) is 0 Å². The van der Waals surface area contributed by atoms with Crippen LogP contribution in [0, 0.1) is 23.7 Å². The van der Waals surface area contributed by atoms with E-state index in [-0.39, 0.29) is 40.8 Å². The van der Waals surface area contributed by atoms with Crippen molar-refractivity contribution in [1.82, 2.24) is 0 Å². The van der Waals surface area contributed by atoms with Gasteiger partial charge in [-0.05, 0) is 56.3 Å². The van der Waals surface area contributed by atoms with Crippen molar-refractivity contribution in [2.75, 3.05) is 0 Å². The topological polar surface area (TPSA) is 55.8 Å². The average Bonchev–Trinajstić information content (AvgIpc) is 3.30. The molecule has 1 N–H and O–H groups in total. The van der Waals surface area contributed by atoms with E-state index in [9.17, 15) is 9.90 Å². The number of Topliss-reactive ketones (excluding diaryl/α,β-unsaturated/α-hetero) is 1. The molecule has 36 heavy (non-hydrogen) atoms. The highest BCUT2D eigenvalue weighted by Crippen LogP contribution is 2.54. The summed E-state index contributed by atoms with van der Waals surface area (Å²) in [6.45, 7) is 17.0. The van der Waals surface area contributed by atoms with E-state index in [4.69, 9.17) is 9.16 Å². The summed E-state index contributed by atoms with van der Waals surface area (Å²) in [6, 6.07) is 6.45. The summed E-state index contributed by atoms with van der Waals surface area (Å²) in [5.74, 6) is 7.67. The SMILES string of the molecule is CC#CC[C@H](C)[C@H](O)/C=C/[C@H]1C(O[Si](C)(C)C(C)(C)C)C[C@@H]2Oc3c(CCCC(C)=O)cccc3[C@@H]21. The van der Waals surface area contributed by atoms with Crippen molar-refractivity contribution >= 4 is 14.1 Å². The van der Waals surface area contributed by atoms with E-state index >= 15 is 0 Å². The first-order valence-corrected chi connectivity index (χ1v) is 16.5. The molecule has 1 heterocycles. The Kier molecular flexibility index (Phi) is 9.30. The number of hydrogen-bond acceptors (Lipinski definition) is 4. The number of carbonyl (C=O) groups excluding carboxylic acids is 1. The lowest BCUT2D eigenvalue weighted by atomic mass is 9.86. The van der Waals surface area contributed by atoms with Gasteiger partial charge in [0.05, 0.1) is 12.2 Å². The van der Waals surface area contributed by atoms with Gasteiger partial charge in [-0.15, -0.1) is 11.8 Å². The maximum absolute atomic E-state index is 11.4. The number of carbonyl (C=O) groups is 1. The Balaban J connectivity index is 1.90. The summed E-state index contributed by atoms with van der Waals surface area (Å²) in [4.78, 5) is 11.4. The van der Waals surface area contributed by atoms with E-state index in [2.05, 4.69) is 70.0 Å². The first-order chi connectivity index (χ1) is 16.9. The van der Waals surface area contributed by atoms with Gasteiger partial charge < -0.3 is 19.1 Å². The van der Waals surface area contributed by atoms with Gasteiger partial charge in [0.1, 0.15) is 17.6 Å². The van der Waals surface area contributed by atoms with Crippen LogP contribution < -0.4 is 4.74 Å². The normalized spacial score (nSPS) is 25.0. The number of ether oxygens (including phenoxy) is 1. The molecule has 1 aromatic carbocycles. The molecule has 1 fully saturated rings. The molecule has 1 aliphatic heterocycles. The zero-order chi connectivity index (χ0) is 26.7. The number of ketones is 1. The van der Waals surface area contributed by atoms with Gasteiger partial charge in [-0.1, -0.05) is 58.0 Å². The second kappa shape index (κ2) is 11.7. The van der Waals surface area contributed by atoms with Gasteiger partial charge in [-0.25, -0.2) is 0 Å². The molecule has 5 heteroatoms. The highest BCUT2D eigenvalue weighted by atomic mass is 28.4. The molecule has 0 amide bonds. The van der Waals surface area contributed by atoms with E-state index in [0.29, 0.717) is 12.8 Å². The highest BCUT2D eigenvalue weighted by Gasteiger charge is 2.52. The lowest BCUT2D eigenvalue weighted by molar-refractivity contribution is -0.117. The molecule has 0 radical (unpaired) electrons. The van der Waals surface area contributed by atoms with Crippen LogP contribution in [0.1, 0.15) is 84.3 Å². The number of aliphatic hydroxyl groups excluding tert-OH is 1.